The maximum atomic E-state index is 12.0. The SMILES string of the molecule is [2H]C([2H])(C(=O)OC(C)(C)C)[n+]1ccccc1CCC(=O)[O-]. The van der Waals surface area contributed by atoms with E-state index in [0.29, 0.717) is 5.69 Å². The van der Waals surface area contributed by atoms with Crippen molar-refractivity contribution in [3.05, 3.63) is 30.1 Å². The number of hydrogen-bond acceptors (Lipinski definition) is 4. The Bertz CT molecular complexity index is 538. The van der Waals surface area contributed by atoms with Crippen molar-refractivity contribution in [2.45, 2.75) is 45.7 Å². The number of carboxylic acids is 1. The molecule has 0 spiro atoms. The molecule has 0 bridgehead atoms. The Labute approximate surface area is 115 Å². The number of carboxylic acid groups (broad SMARTS) is 1. The second-order valence-corrected chi connectivity index (χ2v) is 5.05. The Morgan fingerprint density at radius 2 is 2.11 bits per heavy atom. The number of hydrogen-bond donors (Lipinski definition) is 0. The van der Waals surface area contributed by atoms with E-state index in [1.165, 1.54) is 6.20 Å². The number of esters is 1. The molecule has 0 radical (unpaired) electrons. The van der Waals surface area contributed by atoms with Crippen molar-refractivity contribution in [3.63, 3.8) is 0 Å². The molecule has 0 aliphatic carbocycles. The first kappa shape index (κ1) is 12.1. The van der Waals surface area contributed by atoms with Crippen LogP contribution in [0.1, 0.15) is 35.6 Å². The summed E-state index contributed by atoms with van der Waals surface area (Å²) in [7, 11) is 0. The fraction of sp³-hybridized carbons (Fsp3) is 0.500. The maximum Gasteiger partial charge on any atom is 0.373 e. The van der Waals surface area contributed by atoms with Crippen molar-refractivity contribution in [3.8, 4) is 0 Å². The number of carbonyl (C=O) groups is 2. The van der Waals surface area contributed by atoms with Crippen molar-refractivity contribution in [2.75, 3.05) is 0 Å². The summed E-state index contributed by atoms with van der Waals surface area (Å²) in [6.07, 6.45) is 1.19. The van der Waals surface area contributed by atoms with E-state index in [2.05, 4.69) is 0 Å². The van der Waals surface area contributed by atoms with Gasteiger partial charge in [-0.2, -0.15) is 4.57 Å². The first-order valence-electron chi connectivity index (χ1n) is 6.97. The van der Waals surface area contributed by atoms with Crippen LogP contribution in [0.15, 0.2) is 24.4 Å². The van der Waals surface area contributed by atoms with Gasteiger partial charge in [-0.1, -0.05) is 6.07 Å². The highest BCUT2D eigenvalue weighted by Gasteiger charge is 2.21. The smallest absolute Gasteiger partial charge is 0.373 e. The molecular formula is C14H19NO4. The molecule has 0 saturated heterocycles. The van der Waals surface area contributed by atoms with E-state index < -0.39 is 24.0 Å². The summed E-state index contributed by atoms with van der Waals surface area (Å²) < 4.78 is 22.1. The van der Waals surface area contributed by atoms with Crippen molar-refractivity contribution in [2.24, 2.45) is 0 Å². The zero-order valence-corrected chi connectivity index (χ0v) is 11.3. The summed E-state index contributed by atoms with van der Waals surface area (Å²) in [6.45, 7) is 2.52. The minimum atomic E-state index is -2.42. The second kappa shape index (κ2) is 6.31. The molecule has 19 heavy (non-hydrogen) atoms. The molecule has 5 heteroatoms. The highest BCUT2D eigenvalue weighted by molar-refractivity contribution is 5.68. The average molecular weight is 267 g/mol. The van der Waals surface area contributed by atoms with E-state index >= 15 is 0 Å². The molecule has 104 valence electrons. The fourth-order valence-corrected chi connectivity index (χ4v) is 1.42. The summed E-state index contributed by atoms with van der Waals surface area (Å²) in [5, 5.41) is 10.5. The van der Waals surface area contributed by atoms with Gasteiger partial charge in [0.25, 0.3) is 0 Å². The Balaban J connectivity index is 3.07. The van der Waals surface area contributed by atoms with Crippen LogP contribution < -0.4 is 9.67 Å². The van der Waals surface area contributed by atoms with Crippen LogP contribution in [-0.4, -0.2) is 17.5 Å². The molecule has 0 amide bonds. The topological polar surface area (TPSA) is 70.3 Å². The monoisotopic (exact) mass is 267 g/mol. The average Bonchev–Trinajstić information content (AvgIpc) is 2.34. The van der Waals surface area contributed by atoms with Crippen molar-refractivity contribution in [1.29, 1.82) is 0 Å². The summed E-state index contributed by atoms with van der Waals surface area (Å²) >= 11 is 0. The van der Waals surface area contributed by atoms with E-state index in [1.54, 1.807) is 39.0 Å². The zero-order valence-electron chi connectivity index (χ0n) is 13.3. The predicted molar refractivity (Wildman–Crippen MR) is 65.8 cm³/mol. The number of nitrogens with zero attached hydrogens (tertiary/aromatic N) is 1. The summed E-state index contributed by atoms with van der Waals surface area (Å²) in [4.78, 5) is 22.6. The van der Waals surface area contributed by atoms with Gasteiger partial charge in [-0.3, -0.25) is 0 Å². The van der Waals surface area contributed by atoms with Crippen LogP contribution in [0.4, 0.5) is 0 Å². The van der Waals surface area contributed by atoms with Crippen molar-refractivity contribution >= 4 is 11.9 Å². The number of aryl methyl sites for hydroxylation is 1. The molecular weight excluding hydrogens is 246 g/mol. The lowest BCUT2D eigenvalue weighted by atomic mass is 10.2. The molecule has 5 nitrogen and oxygen atoms in total. The largest absolute Gasteiger partial charge is 0.550 e. The summed E-state index contributed by atoms with van der Waals surface area (Å²) in [5.41, 5.74) is -0.442. The van der Waals surface area contributed by atoms with Crippen LogP contribution in [-0.2, 0) is 27.2 Å². The maximum absolute atomic E-state index is 12.0. The lowest BCUT2D eigenvalue weighted by molar-refractivity contribution is -0.693. The molecule has 1 heterocycles. The van der Waals surface area contributed by atoms with Crippen molar-refractivity contribution < 1.29 is 26.7 Å². The van der Waals surface area contributed by atoms with E-state index in [0.717, 1.165) is 4.57 Å². The van der Waals surface area contributed by atoms with Gasteiger partial charge in [0, 0.05) is 24.5 Å². The van der Waals surface area contributed by atoms with Gasteiger partial charge in [-0.15, -0.1) is 0 Å². The summed E-state index contributed by atoms with van der Waals surface area (Å²) in [6, 6.07) is 4.77. The van der Waals surface area contributed by atoms with E-state index in [4.69, 9.17) is 7.48 Å². The van der Waals surface area contributed by atoms with Crippen LogP contribution in [0.2, 0.25) is 0 Å². The standard InChI is InChI=1S/C14H19NO4/c1-14(2,3)19-13(18)10-15-9-5-4-6-11(15)7-8-12(16)17/h4-6,9H,7-8,10H2,1-3H3/i10D2. The van der Waals surface area contributed by atoms with E-state index in [9.17, 15) is 14.7 Å². The first-order chi connectivity index (χ1) is 9.54. The van der Waals surface area contributed by atoms with Crippen LogP contribution in [0, 0.1) is 0 Å². The van der Waals surface area contributed by atoms with Gasteiger partial charge in [0.05, 0.1) is 0 Å². The second-order valence-electron chi connectivity index (χ2n) is 5.05. The number of ether oxygens (including phenoxy) is 1. The molecule has 0 saturated carbocycles. The molecule has 1 rings (SSSR count). The lowest BCUT2D eigenvalue weighted by Gasteiger charge is -2.18. The Morgan fingerprint density at radius 3 is 2.68 bits per heavy atom. The molecule has 1 aromatic heterocycles. The molecule has 0 fully saturated rings. The van der Waals surface area contributed by atoms with Crippen LogP contribution in [0.25, 0.3) is 0 Å². The molecule has 0 aliphatic rings. The Hall–Kier alpha value is -1.91. The first-order valence-corrected chi connectivity index (χ1v) is 5.97. The zero-order chi connectivity index (χ0) is 16.3. The third kappa shape index (κ3) is 5.99. The minimum absolute atomic E-state index is 0.0610. The molecule has 0 aromatic carbocycles. The highest BCUT2D eigenvalue weighted by atomic mass is 16.6. The van der Waals surface area contributed by atoms with Gasteiger partial charge in [-0.25, -0.2) is 4.79 Å². The molecule has 0 unspecified atom stereocenters. The van der Waals surface area contributed by atoms with Gasteiger partial charge in [-0.05, 0) is 27.2 Å². The number of aliphatic carboxylic acids is 1. The predicted octanol–water partition coefficient (Wildman–Crippen LogP) is -0.00170. The third-order valence-corrected chi connectivity index (χ3v) is 2.14. The third-order valence-electron chi connectivity index (χ3n) is 2.14. The number of aromatic nitrogens is 1. The quantitative estimate of drug-likeness (QED) is 0.556. The molecule has 0 atom stereocenters. The highest BCUT2D eigenvalue weighted by Crippen LogP contribution is 2.07. The molecule has 0 N–H and O–H groups in total. The van der Waals surface area contributed by atoms with Gasteiger partial charge >= 0.3 is 5.97 Å². The van der Waals surface area contributed by atoms with Gasteiger partial charge in [0.1, 0.15) is 8.34 Å². The number of rotatable bonds is 5. The molecule has 0 aliphatic heterocycles. The van der Waals surface area contributed by atoms with Gasteiger partial charge in [0.15, 0.2) is 11.9 Å². The van der Waals surface area contributed by atoms with E-state index in [-0.39, 0.29) is 12.8 Å². The Morgan fingerprint density at radius 1 is 1.42 bits per heavy atom. The van der Waals surface area contributed by atoms with Crippen LogP contribution in [0.3, 0.4) is 0 Å². The van der Waals surface area contributed by atoms with Gasteiger partial charge < -0.3 is 14.6 Å². The minimum Gasteiger partial charge on any atom is -0.550 e. The van der Waals surface area contributed by atoms with Crippen LogP contribution >= 0.6 is 0 Å². The van der Waals surface area contributed by atoms with Gasteiger partial charge in [0.2, 0.25) is 6.50 Å². The number of pyridine rings is 1. The molecule has 1 aromatic rings. The van der Waals surface area contributed by atoms with Crippen molar-refractivity contribution in [1.82, 2.24) is 0 Å². The summed E-state index contributed by atoms with van der Waals surface area (Å²) in [5.74, 6) is -2.26. The Kier molecular flexibility index (Phi) is 4.03. The fourth-order valence-electron chi connectivity index (χ4n) is 1.42. The lowest BCUT2D eigenvalue weighted by Crippen LogP contribution is -2.44. The van der Waals surface area contributed by atoms with Crippen LogP contribution in [0.5, 0.6) is 0 Å². The number of carbonyl (C=O) groups excluding carboxylic acids is 2. The van der Waals surface area contributed by atoms with E-state index in [1.807, 2.05) is 0 Å². The normalized spacial score (nSPS) is 13.4.